The van der Waals surface area contributed by atoms with Crippen LogP contribution >= 0.6 is 0 Å². The lowest BCUT2D eigenvalue weighted by molar-refractivity contribution is -0.126. The molecule has 0 aliphatic heterocycles. The number of hydrogen-bond donors (Lipinski definition) is 2. The standard InChI is InChI=1S/C21H27N3O4/c1-24(2)13-12-22-20(25)17-10-5-6-11-18(17)23-21(26)19(28-4)15-8-7-9-16(14-15)27-3/h5-11,14,19H,12-13H2,1-4H3,(H,22,25)(H,23,26). The Hall–Kier alpha value is -2.90. The summed E-state index contributed by atoms with van der Waals surface area (Å²) in [6, 6.07) is 14.0. The maximum Gasteiger partial charge on any atom is 0.258 e. The van der Waals surface area contributed by atoms with E-state index in [1.54, 1.807) is 55.6 Å². The predicted molar refractivity (Wildman–Crippen MR) is 109 cm³/mol. The molecule has 0 bridgehead atoms. The zero-order chi connectivity index (χ0) is 20.5. The van der Waals surface area contributed by atoms with Crippen LogP contribution in [-0.4, -0.2) is 58.1 Å². The Morgan fingerprint density at radius 3 is 2.50 bits per heavy atom. The molecule has 1 atom stereocenters. The molecule has 1 unspecified atom stereocenters. The molecule has 2 aromatic rings. The van der Waals surface area contributed by atoms with Crippen molar-refractivity contribution in [1.29, 1.82) is 0 Å². The highest BCUT2D eigenvalue weighted by molar-refractivity contribution is 6.04. The van der Waals surface area contributed by atoms with Crippen molar-refractivity contribution in [3.63, 3.8) is 0 Å². The SMILES string of the molecule is COc1cccc(C(OC)C(=O)Nc2ccccc2C(=O)NCCN(C)C)c1. The number of benzene rings is 2. The number of ether oxygens (including phenoxy) is 2. The van der Waals surface area contributed by atoms with Gasteiger partial charge in [0.2, 0.25) is 0 Å². The highest BCUT2D eigenvalue weighted by Crippen LogP contribution is 2.24. The molecule has 7 heteroatoms. The number of amides is 2. The van der Waals surface area contributed by atoms with Crippen LogP contribution in [0.1, 0.15) is 22.0 Å². The Balaban J connectivity index is 2.15. The van der Waals surface area contributed by atoms with Crippen LogP contribution < -0.4 is 15.4 Å². The minimum absolute atomic E-state index is 0.243. The van der Waals surface area contributed by atoms with E-state index in [4.69, 9.17) is 9.47 Å². The fourth-order valence-corrected chi connectivity index (χ4v) is 2.68. The first-order chi connectivity index (χ1) is 13.5. The van der Waals surface area contributed by atoms with Gasteiger partial charge in [0.05, 0.1) is 18.4 Å². The molecular weight excluding hydrogens is 358 g/mol. The van der Waals surface area contributed by atoms with E-state index in [-0.39, 0.29) is 11.8 Å². The summed E-state index contributed by atoms with van der Waals surface area (Å²) in [5, 5.41) is 5.66. The molecule has 0 spiro atoms. The van der Waals surface area contributed by atoms with Gasteiger partial charge < -0.3 is 25.0 Å². The van der Waals surface area contributed by atoms with Crippen molar-refractivity contribution in [3.05, 3.63) is 59.7 Å². The van der Waals surface area contributed by atoms with Crippen LogP contribution in [-0.2, 0) is 9.53 Å². The first kappa shape index (κ1) is 21.4. The van der Waals surface area contributed by atoms with Crippen LogP contribution in [0.25, 0.3) is 0 Å². The third-order valence-electron chi connectivity index (χ3n) is 4.14. The van der Waals surface area contributed by atoms with Gasteiger partial charge in [-0.3, -0.25) is 9.59 Å². The second-order valence-corrected chi connectivity index (χ2v) is 6.49. The number of para-hydroxylation sites is 1. The fourth-order valence-electron chi connectivity index (χ4n) is 2.68. The molecule has 0 aromatic heterocycles. The summed E-state index contributed by atoms with van der Waals surface area (Å²) in [7, 11) is 6.89. The molecule has 150 valence electrons. The zero-order valence-electron chi connectivity index (χ0n) is 16.7. The number of anilines is 1. The maximum absolute atomic E-state index is 12.8. The molecule has 0 heterocycles. The Bertz CT molecular complexity index is 808. The summed E-state index contributed by atoms with van der Waals surface area (Å²) in [4.78, 5) is 27.3. The van der Waals surface area contributed by atoms with Crippen molar-refractivity contribution in [2.45, 2.75) is 6.10 Å². The number of carbonyl (C=O) groups excluding carboxylic acids is 2. The molecule has 0 fully saturated rings. The third-order valence-corrected chi connectivity index (χ3v) is 4.14. The van der Waals surface area contributed by atoms with Crippen molar-refractivity contribution in [3.8, 4) is 5.75 Å². The molecule has 2 N–H and O–H groups in total. The monoisotopic (exact) mass is 385 g/mol. The van der Waals surface area contributed by atoms with Crippen molar-refractivity contribution in [2.75, 3.05) is 46.7 Å². The molecule has 0 saturated carbocycles. The van der Waals surface area contributed by atoms with Gasteiger partial charge in [0.1, 0.15) is 5.75 Å². The maximum atomic E-state index is 12.8. The zero-order valence-corrected chi connectivity index (χ0v) is 16.7. The molecule has 2 rings (SSSR count). The van der Waals surface area contributed by atoms with Crippen LogP contribution in [0, 0.1) is 0 Å². The van der Waals surface area contributed by atoms with Crippen molar-refractivity contribution in [2.24, 2.45) is 0 Å². The molecule has 7 nitrogen and oxygen atoms in total. The Morgan fingerprint density at radius 2 is 1.82 bits per heavy atom. The van der Waals surface area contributed by atoms with Crippen molar-refractivity contribution < 1.29 is 19.1 Å². The van der Waals surface area contributed by atoms with Crippen molar-refractivity contribution >= 4 is 17.5 Å². The highest BCUT2D eigenvalue weighted by atomic mass is 16.5. The van der Waals surface area contributed by atoms with E-state index < -0.39 is 6.10 Å². The van der Waals surface area contributed by atoms with E-state index in [1.807, 2.05) is 19.0 Å². The van der Waals surface area contributed by atoms with E-state index in [9.17, 15) is 9.59 Å². The summed E-state index contributed by atoms with van der Waals surface area (Å²) in [6.07, 6.45) is -0.833. The average Bonchev–Trinajstić information content (AvgIpc) is 2.68. The number of carbonyl (C=O) groups is 2. The smallest absolute Gasteiger partial charge is 0.258 e. The lowest BCUT2D eigenvalue weighted by Crippen LogP contribution is -2.32. The summed E-state index contributed by atoms with van der Waals surface area (Å²) in [5.74, 6) is 0.0189. The number of nitrogens with zero attached hydrogens (tertiary/aromatic N) is 1. The quantitative estimate of drug-likeness (QED) is 0.692. The van der Waals surface area contributed by atoms with Crippen LogP contribution in [0.5, 0.6) is 5.75 Å². The normalized spacial score (nSPS) is 11.8. The molecule has 0 aliphatic carbocycles. The molecule has 28 heavy (non-hydrogen) atoms. The van der Waals surface area contributed by atoms with E-state index in [1.165, 1.54) is 7.11 Å². The number of hydrogen-bond acceptors (Lipinski definition) is 5. The van der Waals surface area contributed by atoms with Crippen LogP contribution in [0.15, 0.2) is 48.5 Å². The second kappa shape index (κ2) is 10.4. The Labute approximate surface area is 165 Å². The van der Waals surface area contributed by atoms with Gasteiger partial charge in [0.15, 0.2) is 6.10 Å². The minimum atomic E-state index is -0.833. The summed E-state index contributed by atoms with van der Waals surface area (Å²) < 4.78 is 10.6. The lowest BCUT2D eigenvalue weighted by atomic mass is 10.1. The summed E-state index contributed by atoms with van der Waals surface area (Å²) >= 11 is 0. The molecule has 0 aliphatic rings. The van der Waals surface area contributed by atoms with E-state index in [0.717, 1.165) is 6.54 Å². The number of methoxy groups -OCH3 is 2. The minimum Gasteiger partial charge on any atom is -0.497 e. The number of rotatable bonds is 9. The summed E-state index contributed by atoms with van der Waals surface area (Å²) in [5.41, 5.74) is 1.49. The van der Waals surface area contributed by atoms with Crippen LogP contribution in [0.3, 0.4) is 0 Å². The highest BCUT2D eigenvalue weighted by Gasteiger charge is 2.22. The topological polar surface area (TPSA) is 79.9 Å². The molecule has 2 amide bonds. The fraction of sp³-hybridized carbons (Fsp3) is 0.333. The van der Waals surface area contributed by atoms with Gasteiger partial charge in [0.25, 0.3) is 11.8 Å². The molecule has 0 radical (unpaired) electrons. The van der Waals surface area contributed by atoms with Gasteiger partial charge in [-0.25, -0.2) is 0 Å². The van der Waals surface area contributed by atoms with Gasteiger partial charge in [-0.1, -0.05) is 24.3 Å². The lowest BCUT2D eigenvalue weighted by Gasteiger charge is -2.18. The molecule has 0 saturated heterocycles. The van der Waals surface area contributed by atoms with Gasteiger partial charge >= 0.3 is 0 Å². The van der Waals surface area contributed by atoms with Gasteiger partial charge in [-0.05, 0) is 43.9 Å². The Kier molecular flexibility index (Phi) is 7.98. The predicted octanol–water partition coefficient (Wildman–Crippen LogP) is 2.31. The summed E-state index contributed by atoms with van der Waals surface area (Å²) in [6.45, 7) is 1.24. The molecular formula is C21H27N3O4. The van der Waals surface area contributed by atoms with Crippen LogP contribution in [0.4, 0.5) is 5.69 Å². The van der Waals surface area contributed by atoms with E-state index in [2.05, 4.69) is 10.6 Å². The first-order valence-electron chi connectivity index (χ1n) is 8.95. The number of nitrogens with one attached hydrogen (secondary N) is 2. The third kappa shape index (κ3) is 5.80. The Morgan fingerprint density at radius 1 is 1.07 bits per heavy atom. The largest absolute Gasteiger partial charge is 0.497 e. The first-order valence-corrected chi connectivity index (χ1v) is 8.95. The van der Waals surface area contributed by atoms with Gasteiger partial charge in [-0.2, -0.15) is 0 Å². The van der Waals surface area contributed by atoms with Gasteiger partial charge in [0, 0.05) is 20.2 Å². The van der Waals surface area contributed by atoms with Crippen LogP contribution in [0.2, 0.25) is 0 Å². The van der Waals surface area contributed by atoms with Gasteiger partial charge in [-0.15, -0.1) is 0 Å². The van der Waals surface area contributed by atoms with Crippen molar-refractivity contribution in [1.82, 2.24) is 10.2 Å². The number of likely N-dealkylation sites (N-methyl/N-ethyl adjacent to an activating group) is 1. The van der Waals surface area contributed by atoms with E-state index >= 15 is 0 Å². The van der Waals surface area contributed by atoms with E-state index in [0.29, 0.717) is 29.1 Å². The molecule has 2 aromatic carbocycles. The second-order valence-electron chi connectivity index (χ2n) is 6.49. The average molecular weight is 385 g/mol.